The van der Waals surface area contributed by atoms with Crippen LogP contribution in [0.4, 0.5) is 4.39 Å². The van der Waals surface area contributed by atoms with Crippen molar-refractivity contribution >= 4 is 11.3 Å². The average Bonchev–Trinajstić information content (AvgIpc) is 2.96. The van der Waals surface area contributed by atoms with E-state index in [-0.39, 0.29) is 18.0 Å². The Kier molecular flexibility index (Phi) is 5.41. The van der Waals surface area contributed by atoms with Gasteiger partial charge in [-0.15, -0.1) is 11.3 Å². The number of piperidine rings is 1. The number of aryl methyl sites for hydroxylation is 1. The molecule has 3 rings (SSSR count). The van der Waals surface area contributed by atoms with Gasteiger partial charge in [-0.05, 0) is 44.4 Å². The lowest BCUT2D eigenvalue weighted by atomic mass is 9.92. The smallest absolute Gasteiger partial charge is 0.126 e. The Morgan fingerprint density at radius 2 is 2.22 bits per heavy atom. The maximum absolute atomic E-state index is 14.1. The lowest BCUT2D eigenvalue weighted by Crippen LogP contribution is -2.49. The Morgan fingerprint density at radius 3 is 2.91 bits per heavy atom. The Balaban J connectivity index is 1.79. The van der Waals surface area contributed by atoms with E-state index in [0.717, 1.165) is 42.2 Å². The van der Waals surface area contributed by atoms with Crippen LogP contribution in [0.5, 0.6) is 0 Å². The van der Waals surface area contributed by atoms with Crippen LogP contribution in [0, 0.1) is 12.7 Å². The van der Waals surface area contributed by atoms with E-state index >= 15 is 0 Å². The molecule has 23 heavy (non-hydrogen) atoms. The molecule has 1 aromatic carbocycles. The monoisotopic (exact) mass is 334 g/mol. The Bertz CT molecular complexity index is 645. The Labute approximate surface area is 141 Å². The van der Waals surface area contributed by atoms with Crippen LogP contribution in [-0.4, -0.2) is 35.7 Å². The second-order valence-corrected chi connectivity index (χ2v) is 7.17. The number of aromatic nitrogens is 1. The van der Waals surface area contributed by atoms with E-state index < -0.39 is 0 Å². The zero-order chi connectivity index (χ0) is 16.2. The van der Waals surface area contributed by atoms with Gasteiger partial charge in [0.25, 0.3) is 0 Å². The third-order valence-corrected chi connectivity index (χ3v) is 5.38. The lowest BCUT2D eigenvalue weighted by Gasteiger charge is -2.40. The van der Waals surface area contributed by atoms with Crippen LogP contribution in [-0.2, 0) is 17.7 Å². The molecule has 2 heterocycles. The van der Waals surface area contributed by atoms with E-state index in [4.69, 9.17) is 4.74 Å². The molecule has 1 fully saturated rings. The number of ether oxygens (including phenoxy) is 1. The fraction of sp³-hybridized carbons (Fsp3) is 0.500. The highest BCUT2D eigenvalue weighted by atomic mass is 32.1. The molecule has 0 saturated carbocycles. The highest BCUT2D eigenvalue weighted by Crippen LogP contribution is 2.26. The summed E-state index contributed by atoms with van der Waals surface area (Å²) in [5.41, 5.74) is 1.86. The predicted molar refractivity (Wildman–Crippen MR) is 91.2 cm³/mol. The van der Waals surface area contributed by atoms with E-state index in [2.05, 4.69) is 15.3 Å². The minimum Gasteiger partial charge on any atom is -0.380 e. The summed E-state index contributed by atoms with van der Waals surface area (Å²) in [5.74, 6) is -0.127. The number of hydrogen-bond donors (Lipinski definition) is 0. The van der Waals surface area contributed by atoms with Crippen LogP contribution in [0.15, 0.2) is 29.6 Å². The number of nitrogens with zero attached hydrogens (tertiary/aromatic N) is 2. The van der Waals surface area contributed by atoms with Gasteiger partial charge in [0.15, 0.2) is 0 Å². The van der Waals surface area contributed by atoms with Crippen LogP contribution in [0.1, 0.15) is 29.1 Å². The molecule has 2 atom stereocenters. The van der Waals surface area contributed by atoms with Crippen LogP contribution in [0.3, 0.4) is 0 Å². The van der Waals surface area contributed by atoms with E-state index in [0.29, 0.717) is 6.42 Å². The van der Waals surface area contributed by atoms with Crippen molar-refractivity contribution in [1.29, 1.82) is 0 Å². The second-order valence-electron chi connectivity index (χ2n) is 6.11. The number of rotatable bonds is 5. The topological polar surface area (TPSA) is 25.4 Å². The summed E-state index contributed by atoms with van der Waals surface area (Å²) < 4.78 is 19.8. The van der Waals surface area contributed by atoms with Gasteiger partial charge in [-0.2, -0.15) is 0 Å². The lowest BCUT2D eigenvalue weighted by molar-refractivity contribution is -0.0224. The number of hydrogen-bond acceptors (Lipinski definition) is 4. The number of methoxy groups -OCH3 is 1. The Hall–Kier alpha value is -1.30. The standard InChI is InChI=1S/C18H23FN2OS/c1-13-20-15(12-23-13)11-21-9-5-8-18(22-2)17(21)10-14-6-3-4-7-16(14)19/h3-4,6-7,12,17-18H,5,8-11H2,1-2H3/t17-,18-/m0/s1. The highest BCUT2D eigenvalue weighted by Gasteiger charge is 2.32. The molecule has 0 radical (unpaired) electrons. The molecule has 1 saturated heterocycles. The Morgan fingerprint density at radius 1 is 1.39 bits per heavy atom. The highest BCUT2D eigenvalue weighted by molar-refractivity contribution is 7.09. The first-order valence-corrected chi connectivity index (χ1v) is 8.96. The van der Waals surface area contributed by atoms with E-state index in [1.54, 1.807) is 24.5 Å². The van der Waals surface area contributed by atoms with Crippen LogP contribution >= 0.6 is 11.3 Å². The van der Waals surface area contributed by atoms with Crippen molar-refractivity contribution < 1.29 is 9.13 Å². The molecule has 0 bridgehead atoms. The average molecular weight is 334 g/mol. The van der Waals surface area contributed by atoms with E-state index in [9.17, 15) is 4.39 Å². The molecule has 0 spiro atoms. The summed E-state index contributed by atoms with van der Waals surface area (Å²) >= 11 is 1.68. The first-order valence-electron chi connectivity index (χ1n) is 8.08. The van der Waals surface area contributed by atoms with Gasteiger partial charge >= 0.3 is 0 Å². The fourth-order valence-electron chi connectivity index (χ4n) is 3.40. The molecular weight excluding hydrogens is 311 g/mol. The van der Waals surface area contributed by atoms with Crippen molar-refractivity contribution in [3.8, 4) is 0 Å². The molecule has 1 aliphatic heterocycles. The van der Waals surface area contributed by atoms with Gasteiger partial charge in [0, 0.05) is 25.1 Å². The van der Waals surface area contributed by atoms with E-state index in [1.165, 1.54) is 6.07 Å². The van der Waals surface area contributed by atoms with Gasteiger partial charge in [-0.3, -0.25) is 4.90 Å². The van der Waals surface area contributed by atoms with Gasteiger partial charge in [0.05, 0.1) is 16.8 Å². The number of thiazole rings is 1. The SMILES string of the molecule is CO[C@H]1CCCN(Cc2csc(C)n2)[C@H]1Cc1ccccc1F. The zero-order valence-corrected chi connectivity index (χ0v) is 14.5. The minimum absolute atomic E-state index is 0.127. The summed E-state index contributed by atoms with van der Waals surface area (Å²) in [4.78, 5) is 6.98. The molecule has 0 amide bonds. The first kappa shape index (κ1) is 16.6. The zero-order valence-electron chi connectivity index (χ0n) is 13.7. The van der Waals surface area contributed by atoms with Crippen LogP contribution in [0.2, 0.25) is 0 Å². The quantitative estimate of drug-likeness (QED) is 0.831. The summed E-state index contributed by atoms with van der Waals surface area (Å²) in [7, 11) is 1.76. The molecule has 3 nitrogen and oxygen atoms in total. The molecule has 0 unspecified atom stereocenters. The number of halogens is 1. The van der Waals surface area contributed by atoms with Crippen LogP contribution < -0.4 is 0 Å². The van der Waals surface area contributed by atoms with Crippen LogP contribution in [0.25, 0.3) is 0 Å². The van der Waals surface area contributed by atoms with E-state index in [1.807, 2.05) is 19.1 Å². The molecular formula is C18H23FN2OS. The van der Waals surface area contributed by atoms with Gasteiger partial charge < -0.3 is 4.74 Å². The maximum atomic E-state index is 14.1. The molecule has 1 aromatic heterocycles. The van der Waals surface area contributed by atoms with Crippen molar-refractivity contribution in [3.63, 3.8) is 0 Å². The van der Waals surface area contributed by atoms with Crippen molar-refractivity contribution in [1.82, 2.24) is 9.88 Å². The largest absolute Gasteiger partial charge is 0.380 e. The maximum Gasteiger partial charge on any atom is 0.126 e. The molecule has 124 valence electrons. The molecule has 5 heteroatoms. The normalized spacial score (nSPS) is 22.4. The molecule has 2 aromatic rings. The number of likely N-dealkylation sites (tertiary alicyclic amines) is 1. The summed E-state index contributed by atoms with van der Waals surface area (Å²) in [5, 5.41) is 3.21. The molecule has 0 N–H and O–H groups in total. The molecule has 0 aliphatic carbocycles. The van der Waals surface area contributed by atoms with Crippen molar-refractivity contribution in [2.45, 2.75) is 44.9 Å². The summed E-state index contributed by atoms with van der Waals surface area (Å²) in [6.45, 7) is 3.85. The fourth-order valence-corrected chi connectivity index (χ4v) is 4.00. The van der Waals surface area contributed by atoms with Crippen molar-refractivity contribution in [2.75, 3.05) is 13.7 Å². The third kappa shape index (κ3) is 3.97. The van der Waals surface area contributed by atoms with Crippen molar-refractivity contribution in [3.05, 3.63) is 51.7 Å². The predicted octanol–water partition coefficient (Wildman–Crippen LogP) is 3.81. The number of benzene rings is 1. The van der Waals surface area contributed by atoms with Gasteiger partial charge in [-0.25, -0.2) is 9.37 Å². The van der Waals surface area contributed by atoms with Crippen molar-refractivity contribution in [2.24, 2.45) is 0 Å². The molecule has 1 aliphatic rings. The third-order valence-electron chi connectivity index (χ3n) is 4.55. The first-order chi connectivity index (χ1) is 11.2. The second kappa shape index (κ2) is 7.51. The summed E-state index contributed by atoms with van der Waals surface area (Å²) in [6.07, 6.45) is 2.95. The van der Waals surface area contributed by atoms with Gasteiger partial charge in [-0.1, -0.05) is 18.2 Å². The van der Waals surface area contributed by atoms with Gasteiger partial charge in [0.1, 0.15) is 5.82 Å². The minimum atomic E-state index is -0.127. The summed E-state index contributed by atoms with van der Waals surface area (Å²) in [6, 6.07) is 7.24. The van der Waals surface area contributed by atoms with Gasteiger partial charge in [0.2, 0.25) is 0 Å².